The molecule has 20 heavy (non-hydrogen) atoms. The van der Waals surface area contributed by atoms with Crippen LogP contribution in [-0.2, 0) is 6.42 Å². The molecule has 1 aromatic rings. The number of hydrogen-bond donors (Lipinski definition) is 2. The van der Waals surface area contributed by atoms with E-state index in [1.807, 2.05) is 6.92 Å². The Morgan fingerprint density at radius 2 is 2.10 bits per heavy atom. The van der Waals surface area contributed by atoms with E-state index in [1.165, 1.54) is 0 Å². The first-order valence-corrected chi connectivity index (χ1v) is 7.37. The van der Waals surface area contributed by atoms with Crippen molar-refractivity contribution in [2.45, 2.75) is 53.5 Å². The molecule has 0 saturated carbocycles. The van der Waals surface area contributed by atoms with Gasteiger partial charge in [-0.1, -0.05) is 19.0 Å². The van der Waals surface area contributed by atoms with Crippen molar-refractivity contribution in [2.24, 2.45) is 10.9 Å². The highest BCUT2D eigenvalue weighted by Crippen LogP contribution is 2.01. The first kappa shape index (κ1) is 16.5. The predicted molar refractivity (Wildman–Crippen MR) is 80.8 cm³/mol. The van der Waals surface area contributed by atoms with Crippen molar-refractivity contribution in [3.05, 3.63) is 11.7 Å². The normalized spacial score (nSPS) is 13.6. The molecule has 0 aliphatic carbocycles. The Kier molecular flexibility index (Phi) is 7.04. The van der Waals surface area contributed by atoms with Gasteiger partial charge in [0.25, 0.3) is 0 Å². The zero-order valence-corrected chi connectivity index (χ0v) is 13.2. The molecule has 1 atom stereocenters. The van der Waals surface area contributed by atoms with Gasteiger partial charge in [-0.3, -0.25) is 4.99 Å². The summed E-state index contributed by atoms with van der Waals surface area (Å²) in [6, 6.07) is 0.395. The molecule has 0 fully saturated rings. The largest absolute Gasteiger partial charge is 0.357 e. The summed E-state index contributed by atoms with van der Waals surface area (Å²) in [4.78, 5) is 8.74. The van der Waals surface area contributed by atoms with E-state index in [0.29, 0.717) is 23.7 Å². The molecule has 0 radical (unpaired) electrons. The zero-order chi connectivity index (χ0) is 15.0. The third-order valence-corrected chi connectivity index (χ3v) is 3.10. The Hall–Kier alpha value is -1.59. The molecular formula is C14H27N5O. The van der Waals surface area contributed by atoms with E-state index in [2.05, 4.69) is 53.5 Å². The first-order valence-electron chi connectivity index (χ1n) is 7.37. The number of rotatable bonds is 7. The summed E-state index contributed by atoms with van der Waals surface area (Å²) >= 11 is 0. The fourth-order valence-electron chi connectivity index (χ4n) is 1.57. The number of hydrogen-bond acceptors (Lipinski definition) is 4. The molecule has 0 aromatic carbocycles. The third-order valence-electron chi connectivity index (χ3n) is 3.10. The topological polar surface area (TPSA) is 75.3 Å². The van der Waals surface area contributed by atoms with E-state index in [0.717, 1.165) is 31.9 Å². The first-order chi connectivity index (χ1) is 9.52. The highest BCUT2D eigenvalue weighted by atomic mass is 16.5. The molecule has 0 amide bonds. The van der Waals surface area contributed by atoms with Gasteiger partial charge in [0.15, 0.2) is 11.8 Å². The zero-order valence-electron chi connectivity index (χ0n) is 13.2. The van der Waals surface area contributed by atoms with Crippen LogP contribution in [0.4, 0.5) is 0 Å². The number of guanidine groups is 1. The van der Waals surface area contributed by atoms with Crippen LogP contribution in [0.3, 0.4) is 0 Å². The number of aliphatic imine (C=N–C) groups is 1. The van der Waals surface area contributed by atoms with Gasteiger partial charge in [0.2, 0.25) is 5.89 Å². The lowest BCUT2D eigenvalue weighted by Crippen LogP contribution is -2.44. The maximum Gasteiger partial charge on any atom is 0.226 e. The fourth-order valence-corrected chi connectivity index (χ4v) is 1.57. The molecule has 0 saturated heterocycles. The maximum atomic E-state index is 5.07. The van der Waals surface area contributed by atoms with Crippen molar-refractivity contribution < 1.29 is 4.52 Å². The summed E-state index contributed by atoms with van der Waals surface area (Å²) in [6.07, 6.45) is 1.66. The van der Waals surface area contributed by atoms with Crippen LogP contribution in [0.2, 0.25) is 0 Å². The molecule has 0 aliphatic rings. The fraction of sp³-hybridized carbons (Fsp3) is 0.786. The number of nitrogens with zero attached hydrogens (tertiary/aromatic N) is 3. The average Bonchev–Trinajstić information content (AvgIpc) is 2.80. The van der Waals surface area contributed by atoms with Gasteiger partial charge in [-0.15, -0.1) is 0 Å². The lowest BCUT2D eigenvalue weighted by molar-refractivity contribution is 0.372. The average molecular weight is 281 g/mol. The standard InChI is InChI=1S/C14H27N5O/c1-6-15-14(17-11(4)10(2)3)16-9-7-8-13-18-12(5)19-20-13/h10-11H,6-9H2,1-5H3,(H2,15,16,17). The SMILES string of the molecule is CCNC(=NCCCc1nc(C)no1)NC(C)C(C)C. The Morgan fingerprint density at radius 3 is 2.65 bits per heavy atom. The van der Waals surface area contributed by atoms with Crippen LogP contribution in [0, 0.1) is 12.8 Å². The molecule has 1 rings (SSSR count). The summed E-state index contributed by atoms with van der Waals surface area (Å²) in [5, 5.41) is 10.4. The van der Waals surface area contributed by atoms with Crippen LogP contribution in [0.1, 0.15) is 45.8 Å². The minimum Gasteiger partial charge on any atom is -0.357 e. The second kappa shape index (κ2) is 8.55. The Bertz CT molecular complexity index is 413. The maximum absolute atomic E-state index is 5.07. The van der Waals surface area contributed by atoms with Gasteiger partial charge in [0, 0.05) is 25.6 Å². The lowest BCUT2D eigenvalue weighted by atomic mass is 10.1. The molecule has 1 unspecified atom stereocenters. The van der Waals surface area contributed by atoms with Crippen molar-refractivity contribution in [3.63, 3.8) is 0 Å². The van der Waals surface area contributed by atoms with Gasteiger partial charge in [-0.25, -0.2) is 0 Å². The number of aromatic nitrogens is 2. The minimum absolute atomic E-state index is 0.395. The molecule has 6 nitrogen and oxygen atoms in total. The van der Waals surface area contributed by atoms with Crippen LogP contribution in [0.25, 0.3) is 0 Å². The van der Waals surface area contributed by atoms with E-state index >= 15 is 0 Å². The Balaban J connectivity index is 2.38. The third kappa shape index (κ3) is 6.04. The second-order valence-corrected chi connectivity index (χ2v) is 5.28. The van der Waals surface area contributed by atoms with Crippen LogP contribution in [0.5, 0.6) is 0 Å². The highest BCUT2D eigenvalue weighted by molar-refractivity contribution is 5.80. The highest BCUT2D eigenvalue weighted by Gasteiger charge is 2.08. The molecule has 2 N–H and O–H groups in total. The van der Waals surface area contributed by atoms with E-state index in [1.54, 1.807) is 0 Å². The lowest BCUT2D eigenvalue weighted by Gasteiger charge is -2.20. The van der Waals surface area contributed by atoms with Gasteiger partial charge in [-0.05, 0) is 33.1 Å². The van der Waals surface area contributed by atoms with Gasteiger partial charge in [0.05, 0.1) is 0 Å². The summed E-state index contributed by atoms with van der Waals surface area (Å²) in [7, 11) is 0. The van der Waals surface area contributed by atoms with Crippen LogP contribution < -0.4 is 10.6 Å². The Labute approximate surface area is 121 Å². The van der Waals surface area contributed by atoms with Gasteiger partial charge >= 0.3 is 0 Å². The number of aryl methyl sites for hydroxylation is 2. The van der Waals surface area contributed by atoms with Crippen LogP contribution in [0.15, 0.2) is 9.52 Å². The summed E-state index contributed by atoms with van der Waals surface area (Å²) in [5.74, 6) is 2.81. The van der Waals surface area contributed by atoms with E-state index in [4.69, 9.17) is 4.52 Å². The van der Waals surface area contributed by atoms with Crippen LogP contribution >= 0.6 is 0 Å². The molecule has 0 aliphatic heterocycles. The van der Waals surface area contributed by atoms with E-state index in [9.17, 15) is 0 Å². The van der Waals surface area contributed by atoms with Crippen molar-refractivity contribution in [2.75, 3.05) is 13.1 Å². The Morgan fingerprint density at radius 1 is 1.35 bits per heavy atom. The minimum atomic E-state index is 0.395. The molecule has 1 aromatic heterocycles. The monoisotopic (exact) mass is 281 g/mol. The molecule has 0 bridgehead atoms. The molecule has 1 heterocycles. The van der Waals surface area contributed by atoms with Gasteiger partial charge < -0.3 is 15.2 Å². The van der Waals surface area contributed by atoms with E-state index in [-0.39, 0.29) is 0 Å². The van der Waals surface area contributed by atoms with Gasteiger partial charge in [-0.2, -0.15) is 4.98 Å². The van der Waals surface area contributed by atoms with Crippen molar-refractivity contribution in [3.8, 4) is 0 Å². The predicted octanol–water partition coefficient (Wildman–Crippen LogP) is 1.91. The smallest absolute Gasteiger partial charge is 0.226 e. The number of nitrogens with one attached hydrogen (secondary N) is 2. The van der Waals surface area contributed by atoms with Crippen molar-refractivity contribution >= 4 is 5.96 Å². The molecule has 6 heteroatoms. The van der Waals surface area contributed by atoms with Crippen molar-refractivity contribution in [1.82, 2.24) is 20.8 Å². The van der Waals surface area contributed by atoms with Crippen molar-refractivity contribution in [1.29, 1.82) is 0 Å². The van der Waals surface area contributed by atoms with Gasteiger partial charge in [0.1, 0.15) is 0 Å². The molecule has 0 spiro atoms. The summed E-state index contributed by atoms with van der Waals surface area (Å²) in [5.41, 5.74) is 0. The van der Waals surface area contributed by atoms with Crippen LogP contribution in [-0.4, -0.2) is 35.2 Å². The summed E-state index contributed by atoms with van der Waals surface area (Å²) in [6.45, 7) is 12.0. The second-order valence-electron chi connectivity index (χ2n) is 5.28. The summed E-state index contributed by atoms with van der Waals surface area (Å²) < 4.78 is 5.07. The quantitative estimate of drug-likeness (QED) is 0.453. The molecular weight excluding hydrogens is 254 g/mol. The molecule has 114 valence electrons. The van der Waals surface area contributed by atoms with E-state index < -0.39 is 0 Å².